The van der Waals surface area contributed by atoms with Gasteiger partial charge in [0.25, 0.3) is 0 Å². The highest BCUT2D eigenvalue weighted by Crippen LogP contribution is 2.19. The van der Waals surface area contributed by atoms with Gasteiger partial charge in [-0.3, -0.25) is 4.79 Å². The predicted molar refractivity (Wildman–Crippen MR) is 86.5 cm³/mol. The summed E-state index contributed by atoms with van der Waals surface area (Å²) in [5.74, 6) is -1.36. The van der Waals surface area contributed by atoms with E-state index in [1.54, 1.807) is 20.2 Å². The first-order valence-corrected chi connectivity index (χ1v) is 7.05. The third kappa shape index (κ3) is 4.88. The monoisotopic (exact) mass is 405 g/mol. The molecule has 0 unspecified atom stereocenters. The van der Waals surface area contributed by atoms with E-state index >= 15 is 0 Å². The molecule has 1 aromatic carbocycles. The van der Waals surface area contributed by atoms with Crippen LogP contribution in [0, 0.1) is 3.57 Å². The summed E-state index contributed by atoms with van der Waals surface area (Å²) in [5.41, 5.74) is 0.194. The lowest BCUT2D eigenvalue weighted by molar-refractivity contribution is -0.129. The summed E-state index contributed by atoms with van der Waals surface area (Å²) in [7, 11) is 4.65. The molecule has 114 valence electrons. The molecule has 0 radical (unpaired) electrons. The fourth-order valence-electron chi connectivity index (χ4n) is 1.43. The minimum absolute atomic E-state index is 0.00239. The highest BCUT2D eigenvalue weighted by Gasteiger charge is 2.17. The molecular weight excluding hydrogens is 389 g/mol. The van der Waals surface area contributed by atoms with Crippen LogP contribution < -0.4 is 5.32 Å². The summed E-state index contributed by atoms with van der Waals surface area (Å²) in [4.78, 5) is 37.2. The number of carboxylic acids is 1. The molecule has 1 aromatic rings. The SMILES string of the molecule is CN(C)C(=O)CN(C)C(=O)Nc1ccc(I)cc1C(=O)O. The fourth-order valence-corrected chi connectivity index (χ4v) is 1.92. The summed E-state index contributed by atoms with van der Waals surface area (Å²) >= 11 is 1.99. The van der Waals surface area contributed by atoms with Gasteiger partial charge in [0.2, 0.25) is 5.91 Å². The number of rotatable bonds is 4. The predicted octanol–water partition coefficient (Wildman–Crippen LogP) is 1.54. The topological polar surface area (TPSA) is 90.0 Å². The number of aromatic carboxylic acids is 1. The zero-order valence-corrected chi connectivity index (χ0v) is 14.0. The Kier molecular flexibility index (Phi) is 5.94. The number of anilines is 1. The van der Waals surface area contributed by atoms with E-state index in [1.165, 1.54) is 29.0 Å². The van der Waals surface area contributed by atoms with Crippen molar-refractivity contribution in [3.63, 3.8) is 0 Å². The van der Waals surface area contributed by atoms with Crippen LogP contribution in [0.5, 0.6) is 0 Å². The van der Waals surface area contributed by atoms with Gasteiger partial charge in [0.05, 0.1) is 11.3 Å². The van der Waals surface area contributed by atoms with Gasteiger partial charge in [-0.05, 0) is 40.8 Å². The first-order chi connectivity index (χ1) is 9.72. The smallest absolute Gasteiger partial charge is 0.337 e. The molecule has 21 heavy (non-hydrogen) atoms. The number of amides is 3. The zero-order valence-electron chi connectivity index (χ0n) is 11.9. The van der Waals surface area contributed by atoms with E-state index in [9.17, 15) is 14.4 Å². The molecule has 0 saturated heterocycles. The molecule has 0 aliphatic heterocycles. The molecule has 8 heteroatoms. The molecule has 0 aromatic heterocycles. The Balaban J connectivity index is 2.84. The van der Waals surface area contributed by atoms with Crippen LogP contribution in [0.15, 0.2) is 18.2 Å². The number of halogens is 1. The van der Waals surface area contributed by atoms with Gasteiger partial charge in [0, 0.05) is 24.7 Å². The van der Waals surface area contributed by atoms with Gasteiger partial charge in [0.15, 0.2) is 0 Å². The van der Waals surface area contributed by atoms with Crippen molar-refractivity contribution in [1.82, 2.24) is 9.80 Å². The van der Waals surface area contributed by atoms with E-state index in [0.29, 0.717) is 0 Å². The molecule has 0 fully saturated rings. The van der Waals surface area contributed by atoms with Crippen LogP contribution in [0.4, 0.5) is 10.5 Å². The maximum Gasteiger partial charge on any atom is 0.337 e. The quantitative estimate of drug-likeness (QED) is 0.744. The van der Waals surface area contributed by atoms with Gasteiger partial charge in [-0.2, -0.15) is 0 Å². The van der Waals surface area contributed by atoms with Crippen LogP contribution in [0.3, 0.4) is 0 Å². The third-order valence-corrected chi connectivity index (χ3v) is 3.34. The third-order valence-electron chi connectivity index (χ3n) is 2.67. The molecule has 0 saturated carbocycles. The van der Waals surface area contributed by atoms with Crippen molar-refractivity contribution in [3.8, 4) is 0 Å². The number of likely N-dealkylation sites (N-methyl/N-ethyl adjacent to an activating group) is 2. The van der Waals surface area contributed by atoms with Crippen molar-refractivity contribution >= 4 is 46.2 Å². The number of urea groups is 1. The maximum absolute atomic E-state index is 12.0. The van der Waals surface area contributed by atoms with E-state index in [2.05, 4.69) is 5.32 Å². The molecule has 3 amide bonds. The summed E-state index contributed by atoms with van der Waals surface area (Å²) < 4.78 is 0.749. The number of benzene rings is 1. The molecule has 0 heterocycles. The highest BCUT2D eigenvalue weighted by molar-refractivity contribution is 14.1. The van der Waals surface area contributed by atoms with E-state index in [1.807, 2.05) is 22.6 Å². The average molecular weight is 405 g/mol. The fraction of sp³-hybridized carbons (Fsp3) is 0.308. The number of carbonyl (C=O) groups excluding carboxylic acids is 2. The number of hydrogen-bond donors (Lipinski definition) is 2. The molecule has 0 atom stereocenters. The number of carbonyl (C=O) groups is 3. The molecule has 7 nitrogen and oxygen atoms in total. The Hall–Kier alpha value is -1.84. The van der Waals surface area contributed by atoms with Gasteiger partial charge in [-0.1, -0.05) is 0 Å². The first-order valence-electron chi connectivity index (χ1n) is 5.97. The lowest BCUT2D eigenvalue weighted by Crippen LogP contribution is -2.40. The second-order valence-corrected chi connectivity index (χ2v) is 5.82. The molecular formula is C13H16IN3O4. The first kappa shape index (κ1) is 17.2. The van der Waals surface area contributed by atoms with Crippen LogP contribution in [0.2, 0.25) is 0 Å². The van der Waals surface area contributed by atoms with Crippen molar-refractivity contribution in [1.29, 1.82) is 0 Å². The minimum atomic E-state index is -1.13. The van der Waals surface area contributed by atoms with E-state index < -0.39 is 12.0 Å². The summed E-state index contributed by atoms with van der Waals surface area (Å²) in [6, 6.07) is 4.12. The van der Waals surface area contributed by atoms with Crippen molar-refractivity contribution in [3.05, 3.63) is 27.3 Å². The Labute approximate surface area is 136 Å². The van der Waals surface area contributed by atoms with E-state index in [4.69, 9.17) is 5.11 Å². The minimum Gasteiger partial charge on any atom is -0.478 e. The van der Waals surface area contributed by atoms with Gasteiger partial charge >= 0.3 is 12.0 Å². The summed E-state index contributed by atoms with van der Waals surface area (Å²) in [6.07, 6.45) is 0. The normalized spacial score (nSPS) is 9.90. The van der Waals surface area contributed by atoms with Gasteiger partial charge in [-0.15, -0.1) is 0 Å². The second kappa shape index (κ2) is 7.25. The maximum atomic E-state index is 12.0. The van der Waals surface area contributed by atoms with Crippen LogP contribution >= 0.6 is 22.6 Å². The Morgan fingerprint density at radius 1 is 1.24 bits per heavy atom. The van der Waals surface area contributed by atoms with Gasteiger partial charge < -0.3 is 20.2 Å². The largest absolute Gasteiger partial charge is 0.478 e. The summed E-state index contributed by atoms with van der Waals surface area (Å²) in [6.45, 7) is -0.0917. The standard InChI is InChI=1S/C13H16IN3O4/c1-16(2)11(18)7-17(3)13(21)15-10-5-4-8(14)6-9(10)12(19)20/h4-6H,7H2,1-3H3,(H,15,21)(H,19,20). The number of nitrogens with one attached hydrogen (secondary N) is 1. The van der Waals surface area contributed by atoms with Crippen molar-refractivity contribution < 1.29 is 19.5 Å². The van der Waals surface area contributed by atoms with Gasteiger partial charge in [-0.25, -0.2) is 9.59 Å². The van der Waals surface area contributed by atoms with E-state index in [0.717, 1.165) is 3.57 Å². The molecule has 0 bridgehead atoms. The lowest BCUT2D eigenvalue weighted by Gasteiger charge is -2.20. The molecule has 0 spiro atoms. The average Bonchev–Trinajstić information content (AvgIpc) is 2.40. The van der Waals surface area contributed by atoms with Crippen LogP contribution in [-0.2, 0) is 4.79 Å². The molecule has 1 rings (SSSR count). The second-order valence-electron chi connectivity index (χ2n) is 4.57. The molecule has 0 aliphatic carbocycles. The number of nitrogens with zero attached hydrogens (tertiary/aromatic N) is 2. The Morgan fingerprint density at radius 2 is 1.86 bits per heavy atom. The van der Waals surface area contributed by atoms with Crippen LogP contribution in [0.1, 0.15) is 10.4 Å². The number of carboxylic acid groups (broad SMARTS) is 1. The molecule has 0 aliphatic rings. The van der Waals surface area contributed by atoms with E-state index in [-0.39, 0.29) is 23.7 Å². The summed E-state index contributed by atoms with van der Waals surface area (Å²) in [5, 5.41) is 11.6. The highest BCUT2D eigenvalue weighted by atomic mass is 127. The Morgan fingerprint density at radius 3 is 2.38 bits per heavy atom. The van der Waals surface area contributed by atoms with Crippen LogP contribution in [-0.4, -0.2) is 60.5 Å². The van der Waals surface area contributed by atoms with Crippen LogP contribution in [0.25, 0.3) is 0 Å². The number of hydrogen-bond acceptors (Lipinski definition) is 3. The zero-order chi connectivity index (χ0) is 16.2. The van der Waals surface area contributed by atoms with Gasteiger partial charge in [0.1, 0.15) is 6.54 Å². The van der Waals surface area contributed by atoms with Crippen molar-refractivity contribution in [2.24, 2.45) is 0 Å². The lowest BCUT2D eigenvalue weighted by atomic mass is 10.2. The molecule has 2 N–H and O–H groups in total. The van der Waals surface area contributed by atoms with Crippen molar-refractivity contribution in [2.75, 3.05) is 33.0 Å². The van der Waals surface area contributed by atoms with Crippen molar-refractivity contribution in [2.45, 2.75) is 0 Å². The Bertz CT molecular complexity index is 575.